The first-order valence-electron chi connectivity index (χ1n) is 18.4. The molecule has 4 unspecified atom stereocenters. The number of aromatic nitrogens is 2. The third-order valence-electron chi connectivity index (χ3n) is 10.5. The molecular weight excluding hydrogens is 707 g/mol. The molecule has 9 heteroatoms. The Kier molecular flexibility index (Phi) is 10.2. The zero-order valence-corrected chi connectivity index (χ0v) is 30.8. The van der Waals surface area contributed by atoms with Gasteiger partial charge in [-0.05, 0) is 59.7 Å². The van der Waals surface area contributed by atoms with Crippen molar-refractivity contribution in [3.8, 4) is 11.5 Å². The summed E-state index contributed by atoms with van der Waals surface area (Å²) in [5, 5.41) is 8.72. The van der Waals surface area contributed by atoms with Gasteiger partial charge in [0.05, 0.1) is 49.5 Å². The van der Waals surface area contributed by atoms with Crippen molar-refractivity contribution in [2.75, 3.05) is 24.9 Å². The van der Waals surface area contributed by atoms with Crippen molar-refractivity contribution in [1.82, 2.24) is 9.97 Å². The number of methoxy groups -OCH3 is 2. The summed E-state index contributed by atoms with van der Waals surface area (Å²) in [6, 6.07) is 41.1. The van der Waals surface area contributed by atoms with Crippen LogP contribution in [0.25, 0.3) is 21.8 Å². The fourth-order valence-electron chi connectivity index (χ4n) is 7.89. The Morgan fingerprint density at radius 2 is 0.875 bits per heavy atom. The molecule has 0 amide bonds. The molecule has 0 radical (unpaired) electrons. The Morgan fingerprint density at radius 3 is 1.30 bits per heavy atom. The van der Waals surface area contributed by atoms with Crippen LogP contribution in [0.1, 0.15) is 46.2 Å². The van der Waals surface area contributed by atoms with Gasteiger partial charge in [0.1, 0.15) is 23.1 Å². The Bertz CT molecular complexity index is 2460. The van der Waals surface area contributed by atoms with E-state index < -0.39 is 35.6 Å². The quantitative estimate of drug-likeness (QED) is 0.0889. The number of Topliss-reactive ketones (excluding diaryl/α,β-unsaturated/α-hetero) is 1. The Balaban J connectivity index is 1.42. The molecule has 0 saturated carbocycles. The van der Waals surface area contributed by atoms with Crippen LogP contribution in [0.3, 0.4) is 0 Å². The molecule has 280 valence electrons. The van der Waals surface area contributed by atoms with Crippen LogP contribution in [0.2, 0.25) is 0 Å². The smallest absolute Gasteiger partial charge is 0.152 e. The molecular formula is C47H40F2N4O3. The number of benzene rings is 6. The molecule has 0 saturated heterocycles. The van der Waals surface area contributed by atoms with E-state index in [1.54, 1.807) is 50.6 Å². The predicted octanol–water partition coefficient (Wildman–Crippen LogP) is 11.1. The molecule has 4 atom stereocenters. The van der Waals surface area contributed by atoms with Gasteiger partial charge in [-0.15, -0.1) is 0 Å². The largest absolute Gasteiger partial charge is 0.495 e. The number of carbonyl (C=O) groups is 1. The normalized spacial score (nSPS) is 13.5. The average molecular weight is 747 g/mol. The number of fused-ring (bicyclic) bond motifs is 2. The number of ether oxygens (including phenoxy) is 2. The Morgan fingerprint density at radius 1 is 0.500 bits per heavy atom. The number of H-pyrrole nitrogens is 2. The van der Waals surface area contributed by atoms with Gasteiger partial charge in [-0.2, -0.15) is 0 Å². The fourth-order valence-corrected chi connectivity index (χ4v) is 7.89. The van der Waals surface area contributed by atoms with E-state index in [2.05, 4.69) is 20.6 Å². The average Bonchev–Trinajstić information content (AvgIpc) is 3.86. The van der Waals surface area contributed by atoms with Crippen LogP contribution in [0, 0.1) is 11.6 Å². The van der Waals surface area contributed by atoms with E-state index >= 15 is 13.6 Å². The molecule has 0 fully saturated rings. The SMILES string of the molecule is COc1ccccc1NC(c1ccccc1F)C(C(=O)C(c1c[nH]c2ccccc12)C(Nc1ccccc1OC)c1ccccc1F)c1c[nH]c2ccccc12. The molecule has 4 N–H and O–H groups in total. The molecule has 7 nitrogen and oxygen atoms in total. The van der Waals surface area contributed by atoms with Crippen LogP contribution in [0.5, 0.6) is 11.5 Å². The molecule has 0 aliphatic heterocycles. The molecule has 6 aromatic carbocycles. The monoisotopic (exact) mass is 746 g/mol. The lowest BCUT2D eigenvalue weighted by atomic mass is 9.73. The van der Waals surface area contributed by atoms with Crippen LogP contribution in [-0.4, -0.2) is 30.0 Å². The van der Waals surface area contributed by atoms with E-state index in [4.69, 9.17) is 9.47 Å². The summed E-state index contributed by atoms with van der Waals surface area (Å²) in [5.74, 6) is -2.33. The van der Waals surface area contributed by atoms with Crippen LogP contribution in [0.4, 0.5) is 20.2 Å². The number of halogens is 2. The minimum atomic E-state index is -1.06. The van der Waals surface area contributed by atoms with E-state index in [0.29, 0.717) is 34.0 Å². The lowest BCUT2D eigenvalue weighted by Crippen LogP contribution is -2.35. The molecule has 0 aliphatic rings. The lowest BCUT2D eigenvalue weighted by Gasteiger charge is -2.35. The van der Waals surface area contributed by atoms with Crippen molar-refractivity contribution in [2.45, 2.75) is 23.9 Å². The summed E-state index contributed by atoms with van der Waals surface area (Å²) in [7, 11) is 3.13. The highest BCUT2D eigenvalue weighted by Gasteiger charge is 2.43. The minimum Gasteiger partial charge on any atom is -0.495 e. The van der Waals surface area contributed by atoms with Crippen LogP contribution < -0.4 is 20.1 Å². The number of hydrogen-bond acceptors (Lipinski definition) is 5. The minimum absolute atomic E-state index is 0.278. The number of ketones is 1. The summed E-state index contributed by atoms with van der Waals surface area (Å²) in [6.45, 7) is 0. The van der Waals surface area contributed by atoms with Gasteiger partial charge >= 0.3 is 0 Å². The van der Waals surface area contributed by atoms with Gasteiger partial charge < -0.3 is 30.1 Å². The lowest BCUT2D eigenvalue weighted by molar-refractivity contribution is -0.122. The number of nitrogens with one attached hydrogen (secondary N) is 4. The fraction of sp³-hybridized carbons (Fsp3) is 0.128. The topological polar surface area (TPSA) is 91.2 Å². The molecule has 0 bridgehead atoms. The second-order valence-electron chi connectivity index (χ2n) is 13.6. The van der Waals surface area contributed by atoms with Gasteiger partial charge in [0.25, 0.3) is 0 Å². The predicted molar refractivity (Wildman–Crippen MR) is 219 cm³/mol. The first-order valence-corrected chi connectivity index (χ1v) is 18.4. The van der Waals surface area contributed by atoms with E-state index in [0.717, 1.165) is 21.8 Å². The summed E-state index contributed by atoms with van der Waals surface area (Å²) in [5.41, 5.74) is 4.62. The van der Waals surface area contributed by atoms with Crippen molar-refractivity contribution in [1.29, 1.82) is 0 Å². The molecule has 0 spiro atoms. The summed E-state index contributed by atoms with van der Waals surface area (Å²) in [6.07, 6.45) is 3.64. The van der Waals surface area contributed by atoms with E-state index in [-0.39, 0.29) is 16.9 Å². The maximum Gasteiger partial charge on any atom is 0.152 e. The second-order valence-corrected chi connectivity index (χ2v) is 13.6. The highest BCUT2D eigenvalue weighted by molar-refractivity contribution is 6.01. The second kappa shape index (κ2) is 15.8. The van der Waals surface area contributed by atoms with Gasteiger partial charge in [-0.1, -0.05) is 97.1 Å². The van der Waals surface area contributed by atoms with Crippen LogP contribution in [-0.2, 0) is 4.79 Å². The number of anilines is 2. The van der Waals surface area contributed by atoms with Gasteiger partial charge in [0.15, 0.2) is 5.78 Å². The van der Waals surface area contributed by atoms with E-state index in [1.165, 1.54) is 12.1 Å². The Labute approximate surface area is 323 Å². The standard InChI is InChI=1S/C47H40F2N4O3/c1-55-41-25-13-11-23-39(41)52-45(31-17-3-7-19-35(31)48)43(33-27-50-37-21-9-5-15-29(33)37)47(54)44(34-28-51-38-22-10-6-16-30(34)38)46(32-18-4-8-20-36(32)49)53-40-24-12-14-26-42(40)56-2/h3-28,43-46,50-53H,1-2H3. The van der Waals surface area contributed by atoms with Gasteiger partial charge in [0.2, 0.25) is 0 Å². The van der Waals surface area contributed by atoms with E-state index in [9.17, 15) is 0 Å². The highest BCUT2D eigenvalue weighted by Crippen LogP contribution is 2.48. The maximum absolute atomic E-state index is 16.5. The van der Waals surface area contributed by atoms with Gasteiger partial charge in [0, 0.05) is 45.3 Å². The number of hydrogen-bond donors (Lipinski definition) is 4. The number of para-hydroxylation sites is 6. The molecule has 0 aliphatic carbocycles. The van der Waals surface area contributed by atoms with Gasteiger partial charge in [-0.25, -0.2) is 8.78 Å². The zero-order chi connectivity index (χ0) is 38.6. The summed E-state index contributed by atoms with van der Waals surface area (Å²) in [4.78, 5) is 23.2. The van der Waals surface area contributed by atoms with Gasteiger partial charge in [-0.3, -0.25) is 4.79 Å². The number of carbonyl (C=O) groups excluding carboxylic acids is 1. The number of aromatic amines is 2. The third kappa shape index (κ3) is 6.84. The molecule has 2 heterocycles. The van der Waals surface area contributed by atoms with Crippen LogP contribution >= 0.6 is 0 Å². The Hall–Kier alpha value is -6.87. The van der Waals surface area contributed by atoms with Crippen molar-refractivity contribution in [3.63, 3.8) is 0 Å². The number of rotatable bonds is 14. The van der Waals surface area contributed by atoms with E-state index in [1.807, 2.05) is 109 Å². The van der Waals surface area contributed by atoms with Crippen molar-refractivity contribution in [2.24, 2.45) is 0 Å². The summed E-state index contributed by atoms with van der Waals surface area (Å²) < 4.78 is 44.2. The molecule has 8 aromatic rings. The van der Waals surface area contributed by atoms with Crippen LogP contribution in [0.15, 0.2) is 158 Å². The summed E-state index contributed by atoms with van der Waals surface area (Å²) >= 11 is 0. The van der Waals surface area contributed by atoms with Crippen molar-refractivity contribution >= 4 is 39.0 Å². The first-order chi connectivity index (χ1) is 27.5. The molecule has 56 heavy (non-hydrogen) atoms. The third-order valence-corrected chi connectivity index (χ3v) is 10.5. The maximum atomic E-state index is 16.5. The first kappa shape index (κ1) is 36.1. The van der Waals surface area contributed by atoms with Crippen molar-refractivity contribution in [3.05, 3.63) is 192 Å². The zero-order valence-electron chi connectivity index (χ0n) is 30.8. The molecule has 8 rings (SSSR count). The van der Waals surface area contributed by atoms with Crippen molar-refractivity contribution < 1.29 is 23.0 Å². The molecule has 2 aromatic heterocycles. The highest BCUT2D eigenvalue weighted by atomic mass is 19.1.